The number of anilines is 2. The van der Waals surface area contributed by atoms with Gasteiger partial charge in [0, 0.05) is 12.2 Å². The van der Waals surface area contributed by atoms with Crippen LogP contribution < -0.4 is 11.1 Å². The molecule has 1 fully saturated rings. The molecule has 116 valence electrons. The van der Waals surface area contributed by atoms with E-state index in [2.05, 4.69) is 10.1 Å². The largest absolute Gasteiger partial charge is 0.465 e. The first-order valence-electron chi connectivity index (χ1n) is 7.14. The molecule has 3 N–H and O–H groups in total. The summed E-state index contributed by atoms with van der Waals surface area (Å²) in [6.45, 7) is 0.972. The fourth-order valence-corrected chi connectivity index (χ4v) is 2.48. The molecule has 0 atom stereocenters. The van der Waals surface area contributed by atoms with Gasteiger partial charge in [0.1, 0.15) is 5.82 Å². The molecule has 0 aromatic heterocycles. The van der Waals surface area contributed by atoms with Crippen molar-refractivity contribution in [3.63, 3.8) is 0 Å². The highest BCUT2D eigenvalue weighted by molar-refractivity contribution is 5.96. The standard InChI is InChI=1S/C15H21FN2O3/c1-20-15(19)11-8-14(12(16)9-13(11)17)18-6-7-21-10-4-2-3-5-10/h8-10,18H,2-7,17H2,1H3. The van der Waals surface area contributed by atoms with Crippen molar-refractivity contribution in [3.8, 4) is 0 Å². The van der Waals surface area contributed by atoms with Gasteiger partial charge in [0.2, 0.25) is 0 Å². The summed E-state index contributed by atoms with van der Waals surface area (Å²) in [4.78, 5) is 11.5. The van der Waals surface area contributed by atoms with E-state index in [1.54, 1.807) is 0 Å². The molecule has 21 heavy (non-hydrogen) atoms. The van der Waals surface area contributed by atoms with Gasteiger partial charge in [-0.3, -0.25) is 0 Å². The Labute approximate surface area is 123 Å². The van der Waals surface area contributed by atoms with Crippen molar-refractivity contribution in [1.29, 1.82) is 0 Å². The van der Waals surface area contributed by atoms with E-state index in [4.69, 9.17) is 10.5 Å². The molecular formula is C15H21FN2O3. The van der Waals surface area contributed by atoms with Crippen LogP contribution in [0.1, 0.15) is 36.0 Å². The Kier molecular flexibility index (Phi) is 5.38. The van der Waals surface area contributed by atoms with Crippen LogP contribution in [0.2, 0.25) is 0 Å². The van der Waals surface area contributed by atoms with Crippen LogP contribution in [0.15, 0.2) is 12.1 Å². The van der Waals surface area contributed by atoms with Gasteiger partial charge >= 0.3 is 5.97 Å². The number of nitrogens with one attached hydrogen (secondary N) is 1. The average molecular weight is 296 g/mol. The number of rotatable bonds is 6. The van der Waals surface area contributed by atoms with Crippen LogP contribution in [0.3, 0.4) is 0 Å². The quantitative estimate of drug-likeness (QED) is 0.479. The summed E-state index contributed by atoms with van der Waals surface area (Å²) in [5.41, 5.74) is 6.05. The summed E-state index contributed by atoms with van der Waals surface area (Å²) in [7, 11) is 1.26. The average Bonchev–Trinajstić information content (AvgIpc) is 2.98. The molecule has 1 aromatic carbocycles. The van der Waals surface area contributed by atoms with Gasteiger partial charge in [0.15, 0.2) is 0 Å². The highest BCUT2D eigenvalue weighted by Crippen LogP contribution is 2.23. The van der Waals surface area contributed by atoms with E-state index >= 15 is 0 Å². The molecule has 0 aliphatic heterocycles. The highest BCUT2D eigenvalue weighted by Gasteiger charge is 2.16. The molecule has 0 unspecified atom stereocenters. The molecule has 0 saturated heterocycles. The minimum Gasteiger partial charge on any atom is -0.465 e. The summed E-state index contributed by atoms with van der Waals surface area (Å²) in [6.07, 6.45) is 4.96. The molecular weight excluding hydrogens is 275 g/mol. The summed E-state index contributed by atoms with van der Waals surface area (Å²) in [5.74, 6) is -1.08. The van der Waals surface area contributed by atoms with E-state index in [0.717, 1.165) is 18.9 Å². The molecule has 1 aliphatic carbocycles. The molecule has 1 saturated carbocycles. The molecule has 6 heteroatoms. The number of benzene rings is 1. The minimum absolute atomic E-state index is 0.0621. The number of methoxy groups -OCH3 is 1. The van der Waals surface area contributed by atoms with Gasteiger partial charge in [-0.15, -0.1) is 0 Å². The van der Waals surface area contributed by atoms with Gasteiger partial charge in [-0.1, -0.05) is 12.8 Å². The number of esters is 1. The van der Waals surface area contributed by atoms with Gasteiger partial charge in [-0.2, -0.15) is 0 Å². The first-order valence-corrected chi connectivity index (χ1v) is 7.14. The third-order valence-electron chi connectivity index (χ3n) is 3.62. The third kappa shape index (κ3) is 4.07. The van der Waals surface area contributed by atoms with Crippen LogP contribution in [0.25, 0.3) is 0 Å². The summed E-state index contributed by atoms with van der Waals surface area (Å²) < 4.78 is 24.1. The van der Waals surface area contributed by atoms with E-state index in [9.17, 15) is 9.18 Å². The van der Waals surface area contributed by atoms with Crippen LogP contribution in [0, 0.1) is 5.82 Å². The zero-order valence-electron chi connectivity index (χ0n) is 12.2. The lowest BCUT2D eigenvalue weighted by atomic mass is 10.1. The minimum atomic E-state index is -0.585. The van der Waals surface area contributed by atoms with E-state index in [1.807, 2.05) is 0 Å². The van der Waals surface area contributed by atoms with Crippen molar-refractivity contribution in [2.75, 3.05) is 31.3 Å². The second-order valence-corrected chi connectivity index (χ2v) is 5.11. The Morgan fingerprint density at radius 3 is 2.81 bits per heavy atom. The van der Waals surface area contributed by atoms with Crippen molar-refractivity contribution in [2.45, 2.75) is 31.8 Å². The van der Waals surface area contributed by atoms with Gasteiger partial charge in [0.05, 0.1) is 31.1 Å². The number of hydrogen-bond donors (Lipinski definition) is 2. The van der Waals surface area contributed by atoms with Crippen molar-refractivity contribution in [1.82, 2.24) is 0 Å². The Hall–Kier alpha value is -1.82. The van der Waals surface area contributed by atoms with E-state index in [-0.39, 0.29) is 16.9 Å². The number of carbonyl (C=O) groups excluding carboxylic acids is 1. The Morgan fingerprint density at radius 1 is 1.43 bits per heavy atom. The second kappa shape index (κ2) is 7.26. The molecule has 0 amide bonds. The zero-order chi connectivity index (χ0) is 15.2. The number of nitrogens with two attached hydrogens (primary N) is 1. The molecule has 0 spiro atoms. The predicted molar refractivity (Wildman–Crippen MR) is 78.8 cm³/mol. The maximum absolute atomic E-state index is 13.8. The van der Waals surface area contributed by atoms with Gasteiger partial charge in [-0.05, 0) is 25.0 Å². The number of carbonyl (C=O) groups is 1. The molecule has 1 aliphatic rings. The van der Waals surface area contributed by atoms with Crippen LogP contribution in [0.5, 0.6) is 0 Å². The molecule has 0 radical (unpaired) electrons. The summed E-state index contributed by atoms with van der Waals surface area (Å²) in [6, 6.07) is 2.48. The second-order valence-electron chi connectivity index (χ2n) is 5.11. The molecule has 5 nitrogen and oxygen atoms in total. The molecule has 0 heterocycles. The normalized spacial score (nSPS) is 15.1. The van der Waals surface area contributed by atoms with Gasteiger partial charge < -0.3 is 20.5 Å². The smallest absolute Gasteiger partial charge is 0.340 e. The van der Waals surface area contributed by atoms with E-state index in [1.165, 1.54) is 26.0 Å². The maximum atomic E-state index is 13.8. The predicted octanol–water partition coefficient (Wildman–Crippen LogP) is 2.57. The zero-order valence-corrected chi connectivity index (χ0v) is 12.2. The van der Waals surface area contributed by atoms with Crippen LogP contribution >= 0.6 is 0 Å². The van der Waals surface area contributed by atoms with E-state index in [0.29, 0.717) is 19.3 Å². The fourth-order valence-electron chi connectivity index (χ4n) is 2.48. The third-order valence-corrected chi connectivity index (χ3v) is 3.62. The number of halogens is 1. The lowest BCUT2D eigenvalue weighted by Gasteiger charge is -2.13. The lowest BCUT2D eigenvalue weighted by Crippen LogP contribution is -2.16. The summed E-state index contributed by atoms with van der Waals surface area (Å²) in [5, 5.41) is 2.92. The first kappa shape index (κ1) is 15.6. The highest BCUT2D eigenvalue weighted by atomic mass is 19.1. The molecule has 1 aromatic rings. The Balaban J connectivity index is 1.91. The molecule has 0 bridgehead atoms. The molecule has 2 rings (SSSR count). The SMILES string of the molecule is COC(=O)c1cc(NCCOC2CCCC2)c(F)cc1N. The van der Waals surface area contributed by atoms with Crippen molar-refractivity contribution < 1.29 is 18.7 Å². The van der Waals surface area contributed by atoms with Crippen LogP contribution in [-0.2, 0) is 9.47 Å². The van der Waals surface area contributed by atoms with Gasteiger partial charge in [-0.25, -0.2) is 9.18 Å². The Morgan fingerprint density at radius 2 is 2.14 bits per heavy atom. The fraction of sp³-hybridized carbons (Fsp3) is 0.533. The number of hydrogen-bond acceptors (Lipinski definition) is 5. The monoisotopic (exact) mass is 296 g/mol. The maximum Gasteiger partial charge on any atom is 0.340 e. The van der Waals surface area contributed by atoms with Crippen molar-refractivity contribution in [2.24, 2.45) is 0 Å². The number of nitrogen functional groups attached to an aromatic ring is 1. The lowest BCUT2D eigenvalue weighted by molar-refractivity contribution is 0.0602. The van der Waals surface area contributed by atoms with Crippen LogP contribution in [-0.4, -0.2) is 32.3 Å². The van der Waals surface area contributed by atoms with Gasteiger partial charge in [0.25, 0.3) is 0 Å². The topological polar surface area (TPSA) is 73.6 Å². The Bertz CT molecular complexity index is 502. The first-order chi connectivity index (χ1) is 10.1. The van der Waals surface area contributed by atoms with Crippen molar-refractivity contribution in [3.05, 3.63) is 23.5 Å². The summed E-state index contributed by atoms with van der Waals surface area (Å²) >= 11 is 0. The van der Waals surface area contributed by atoms with E-state index < -0.39 is 11.8 Å². The van der Waals surface area contributed by atoms with Crippen molar-refractivity contribution >= 4 is 17.3 Å². The number of ether oxygens (including phenoxy) is 2. The van der Waals surface area contributed by atoms with Crippen LogP contribution in [0.4, 0.5) is 15.8 Å².